The number of aromatic nitrogens is 1. The first-order chi connectivity index (χ1) is 16.5. The Morgan fingerprint density at radius 3 is 2.59 bits per heavy atom. The Balaban J connectivity index is 1.31. The lowest BCUT2D eigenvalue weighted by molar-refractivity contribution is 0.0115. The number of ether oxygens (including phenoxy) is 1. The molecule has 6 rings (SSSR count). The number of aromatic amines is 1. The summed E-state index contributed by atoms with van der Waals surface area (Å²) in [7, 11) is 0. The maximum Gasteiger partial charge on any atom is 0.0992 e. The lowest BCUT2D eigenvalue weighted by Gasteiger charge is -2.42. The molecule has 2 aromatic carbocycles. The van der Waals surface area contributed by atoms with Crippen LogP contribution in [-0.2, 0) is 16.6 Å². The highest BCUT2D eigenvalue weighted by atomic mass is 79.9. The third-order valence-corrected chi connectivity index (χ3v) is 8.88. The molecule has 0 unspecified atom stereocenters. The average Bonchev–Trinajstić information content (AvgIpc) is 3.23. The Hall–Kier alpha value is -2.33. The van der Waals surface area contributed by atoms with E-state index in [1.165, 1.54) is 50.8 Å². The predicted molar refractivity (Wildman–Crippen MR) is 140 cm³/mol. The molecule has 3 heterocycles. The minimum absolute atomic E-state index is 0.129. The molecule has 0 bridgehead atoms. The molecule has 2 saturated heterocycles. The zero-order valence-electron chi connectivity index (χ0n) is 20.0. The van der Waals surface area contributed by atoms with Crippen LogP contribution in [0.4, 0.5) is 5.69 Å². The zero-order chi connectivity index (χ0) is 23.4. The van der Waals surface area contributed by atoms with Gasteiger partial charge in [0.2, 0.25) is 0 Å². The number of halogens is 1. The number of hydrogen-bond donors (Lipinski definition) is 1. The van der Waals surface area contributed by atoms with Gasteiger partial charge in [0.1, 0.15) is 0 Å². The van der Waals surface area contributed by atoms with E-state index >= 15 is 0 Å². The van der Waals surface area contributed by atoms with Gasteiger partial charge in [-0.3, -0.25) is 4.90 Å². The van der Waals surface area contributed by atoms with Crippen LogP contribution in [0.1, 0.15) is 54.6 Å². The molecule has 0 radical (unpaired) electrons. The Kier molecular flexibility index (Phi) is 5.48. The summed E-state index contributed by atoms with van der Waals surface area (Å²) in [6.45, 7) is 10.7. The van der Waals surface area contributed by atoms with Crippen LogP contribution in [0.5, 0.6) is 0 Å². The van der Waals surface area contributed by atoms with Crippen LogP contribution < -0.4 is 4.90 Å². The molecule has 2 aliphatic heterocycles. The van der Waals surface area contributed by atoms with E-state index in [2.05, 4.69) is 68.8 Å². The van der Waals surface area contributed by atoms with E-state index in [0.717, 1.165) is 51.3 Å². The number of anilines is 1. The zero-order valence-corrected chi connectivity index (χ0v) is 21.5. The molecule has 0 amide bonds. The molecule has 0 atom stereocenters. The second kappa shape index (κ2) is 8.41. The highest BCUT2D eigenvalue weighted by molar-refractivity contribution is 9.10. The highest BCUT2D eigenvalue weighted by Crippen LogP contribution is 2.46. The van der Waals surface area contributed by atoms with E-state index < -0.39 is 0 Å². The smallest absolute Gasteiger partial charge is 0.0992 e. The summed E-state index contributed by atoms with van der Waals surface area (Å²) in [5, 5.41) is 10.6. The van der Waals surface area contributed by atoms with Gasteiger partial charge in [0.15, 0.2) is 0 Å². The van der Waals surface area contributed by atoms with Crippen molar-refractivity contribution in [3.8, 4) is 6.07 Å². The Morgan fingerprint density at radius 1 is 1.09 bits per heavy atom. The van der Waals surface area contributed by atoms with Crippen LogP contribution in [0, 0.1) is 11.3 Å². The normalized spacial score (nSPS) is 20.7. The quantitative estimate of drug-likeness (QED) is 0.497. The van der Waals surface area contributed by atoms with E-state index in [-0.39, 0.29) is 5.41 Å². The average molecular weight is 519 g/mol. The summed E-state index contributed by atoms with van der Waals surface area (Å²) < 4.78 is 6.75. The van der Waals surface area contributed by atoms with E-state index in [1.807, 2.05) is 12.1 Å². The number of nitrogens with one attached hydrogen (secondary N) is 1. The van der Waals surface area contributed by atoms with Crippen molar-refractivity contribution in [3.05, 3.63) is 62.8 Å². The third-order valence-electron chi connectivity index (χ3n) is 8.24. The minimum atomic E-state index is -0.129. The van der Waals surface area contributed by atoms with Gasteiger partial charge in [0, 0.05) is 65.1 Å². The first-order valence-corrected chi connectivity index (χ1v) is 13.2. The molecule has 3 aromatic rings. The first kappa shape index (κ1) is 22.2. The van der Waals surface area contributed by atoms with Gasteiger partial charge >= 0.3 is 0 Å². The molecule has 176 valence electrons. The molecule has 2 fully saturated rings. The van der Waals surface area contributed by atoms with Crippen molar-refractivity contribution >= 4 is 32.5 Å². The Labute approximate surface area is 209 Å². The van der Waals surface area contributed by atoms with Gasteiger partial charge in [0.25, 0.3) is 0 Å². The van der Waals surface area contributed by atoms with Crippen LogP contribution in [0.3, 0.4) is 0 Å². The predicted octanol–water partition coefficient (Wildman–Crippen LogP) is 5.33. The molecule has 1 aromatic heterocycles. The minimum Gasteiger partial charge on any atom is -0.379 e. The van der Waals surface area contributed by atoms with Gasteiger partial charge in [-0.2, -0.15) is 5.26 Å². The summed E-state index contributed by atoms with van der Waals surface area (Å²) in [5.74, 6) is 0. The van der Waals surface area contributed by atoms with E-state index in [9.17, 15) is 5.26 Å². The van der Waals surface area contributed by atoms with Crippen molar-refractivity contribution in [2.75, 3.05) is 44.3 Å². The number of morpholine rings is 1. The monoisotopic (exact) mass is 518 g/mol. The first-order valence-electron chi connectivity index (χ1n) is 12.4. The van der Waals surface area contributed by atoms with Crippen molar-refractivity contribution in [1.29, 1.82) is 5.26 Å². The molecule has 1 aliphatic carbocycles. The van der Waals surface area contributed by atoms with Gasteiger partial charge in [-0.25, -0.2) is 0 Å². The summed E-state index contributed by atoms with van der Waals surface area (Å²) in [5.41, 5.74) is 8.39. The topological polar surface area (TPSA) is 55.3 Å². The Bertz CT molecular complexity index is 1290. The maximum atomic E-state index is 9.34. The summed E-state index contributed by atoms with van der Waals surface area (Å²) in [6.07, 6.45) is 3.33. The lowest BCUT2D eigenvalue weighted by atomic mass is 9.71. The van der Waals surface area contributed by atoms with Gasteiger partial charge in [-0.1, -0.05) is 19.9 Å². The summed E-state index contributed by atoms with van der Waals surface area (Å²) in [4.78, 5) is 8.88. The van der Waals surface area contributed by atoms with Gasteiger partial charge in [-0.05, 0) is 69.7 Å². The van der Waals surface area contributed by atoms with Crippen molar-refractivity contribution in [2.45, 2.75) is 44.6 Å². The van der Waals surface area contributed by atoms with Crippen LogP contribution in [0.25, 0.3) is 10.9 Å². The van der Waals surface area contributed by atoms with Crippen molar-refractivity contribution < 1.29 is 4.74 Å². The largest absolute Gasteiger partial charge is 0.379 e. The molecule has 6 heteroatoms. The van der Waals surface area contributed by atoms with E-state index in [0.29, 0.717) is 11.6 Å². The summed E-state index contributed by atoms with van der Waals surface area (Å²) in [6, 6.07) is 13.8. The van der Waals surface area contributed by atoms with Crippen molar-refractivity contribution in [3.63, 3.8) is 0 Å². The number of piperidine rings is 1. The van der Waals surface area contributed by atoms with E-state index in [1.54, 1.807) is 0 Å². The number of nitrogens with zero attached hydrogens (tertiary/aromatic N) is 3. The van der Waals surface area contributed by atoms with Crippen molar-refractivity contribution in [2.24, 2.45) is 0 Å². The number of H-pyrrole nitrogens is 1. The molecule has 0 spiro atoms. The molecular weight excluding hydrogens is 488 g/mol. The van der Waals surface area contributed by atoms with Crippen LogP contribution >= 0.6 is 15.9 Å². The summed E-state index contributed by atoms with van der Waals surface area (Å²) >= 11 is 3.93. The molecule has 1 N–H and O–H groups in total. The third kappa shape index (κ3) is 3.57. The fraction of sp³-hybridized carbons (Fsp3) is 0.464. The van der Waals surface area contributed by atoms with Crippen molar-refractivity contribution in [1.82, 2.24) is 9.88 Å². The molecule has 5 nitrogen and oxygen atoms in total. The highest BCUT2D eigenvalue weighted by Gasteiger charge is 2.36. The number of fused-ring (bicyclic) bond motifs is 4. The van der Waals surface area contributed by atoms with Gasteiger partial charge < -0.3 is 14.6 Å². The SMILES string of the molecule is CC1(C)c2cc(N3CCC(N4CCOCC4)CC3)c(Br)cc2Cc2c1[nH]c1cc(C#N)ccc21. The lowest BCUT2D eigenvalue weighted by Crippen LogP contribution is -2.49. The second-order valence-corrected chi connectivity index (χ2v) is 11.3. The maximum absolute atomic E-state index is 9.34. The molecule has 34 heavy (non-hydrogen) atoms. The van der Waals surface area contributed by atoms with Crippen LogP contribution in [-0.4, -0.2) is 55.3 Å². The number of nitriles is 1. The van der Waals surface area contributed by atoms with E-state index in [4.69, 9.17) is 4.74 Å². The second-order valence-electron chi connectivity index (χ2n) is 10.5. The van der Waals surface area contributed by atoms with Crippen LogP contribution in [0.15, 0.2) is 34.8 Å². The standard InChI is InChI=1S/C28H31BrN4O/c1-28(2)23-16-26(33-7-5-20(6-8-33)32-9-11-34-12-10-32)24(29)15-19(23)14-22-21-4-3-18(17-30)13-25(21)31-27(22)28/h3-4,13,15-16,20,31H,5-12,14H2,1-2H3. The van der Waals surface area contributed by atoms with Gasteiger partial charge in [0.05, 0.1) is 30.5 Å². The number of rotatable bonds is 2. The number of benzene rings is 2. The fourth-order valence-electron chi connectivity index (χ4n) is 6.36. The Morgan fingerprint density at radius 2 is 1.85 bits per heavy atom. The van der Waals surface area contributed by atoms with Crippen LogP contribution in [0.2, 0.25) is 0 Å². The van der Waals surface area contributed by atoms with Gasteiger partial charge in [-0.15, -0.1) is 0 Å². The fourth-order valence-corrected chi connectivity index (χ4v) is 7.00. The molecule has 0 saturated carbocycles. The molecule has 3 aliphatic rings. The molecular formula is C28H31BrN4O. The number of hydrogen-bond acceptors (Lipinski definition) is 4.